The first-order valence-corrected chi connectivity index (χ1v) is 6.75. The van der Waals surface area contributed by atoms with Crippen LogP contribution in [0.25, 0.3) is 11.6 Å². The van der Waals surface area contributed by atoms with Gasteiger partial charge in [-0.1, -0.05) is 29.8 Å². The Morgan fingerprint density at radius 2 is 2.05 bits per heavy atom. The Kier molecular flexibility index (Phi) is 5.06. The molecule has 2 aromatic rings. The van der Waals surface area contributed by atoms with Crippen molar-refractivity contribution in [2.24, 2.45) is 0 Å². The summed E-state index contributed by atoms with van der Waals surface area (Å²) in [6, 6.07) is 9.05. The fourth-order valence-corrected chi connectivity index (χ4v) is 1.93. The second-order valence-electron chi connectivity index (χ2n) is 4.17. The van der Waals surface area contributed by atoms with E-state index in [0.717, 1.165) is 0 Å². The Balaban J connectivity index is 2.48. The van der Waals surface area contributed by atoms with Gasteiger partial charge in [0.1, 0.15) is 11.0 Å². The zero-order chi connectivity index (χ0) is 15.2. The van der Waals surface area contributed by atoms with E-state index in [1.54, 1.807) is 31.3 Å². The molecule has 0 aliphatic carbocycles. The highest BCUT2D eigenvalue weighted by Crippen LogP contribution is 2.23. The minimum absolute atomic E-state index is 0.248. The molecule has 108 valence electrons. The Labute approximate surface area is 127 Å². The van der Waals surface area contributed by atoms with Crippen LogP contribution in [0.15, 0.2) is 42.6 Å². The molecule has 2 rings (SSSR count). The molecule has 1 heterocycles. The third-order valence-electron chi connectivity index (χ3n) is 2.74. The van der Waals surface area contributed by atoms with Gasteiger partial charge in [-0.25, -0.2) is 14.2 Å². The molecule has 1 aromatic carbocycles. The Bertz CT molecular complexity index is 668. The van der Waals surface area contributed by atoms with Gasteiger partial charge in [0, 0.05) is 11.8 Å². The molecule has 3 nitrogen and oxygen atoms in total. The summed E-state index contributed by atoms with van der Waals surface area (Å²) in [6.45, 7) is 1.97. The minimum Gasteiger partial charge on any atom is -0.462 e. The Hall–Kier alpha value is -2.20. The number of esters is 1. The monoisotopic (exact) mass is 305 g/mol. The van der Waals surface area contributed by atoms with Gasteiger partial charge in [-0.05, 0) is 36.8 Å². The maximum absolute atomic E-state index is 13.0. The lowest BCUT2D eigenvalue weighted by molar-refractivity contribution is -0.136. The molecule has 0 spiro atoms. The van der Waals surface area contributed by atoms with E-state index in [4.69, 9.17) is 16.3 Å². The SMILES string of the molecule is CCOC(=O)C(=Cc1cccnc1Cl)c1ccc(F)cc1. The molecule has 0 bridgehead atoms. The standard InChI is InChI=1S/C16H13ClFNO2/c1-2-21-16(20)14(11-5-7-13(18)8-6-11)10-12-4-3-9-19-15(12)17/h3-10H,2H2,1H3. The van der Waals surface area contributed by atoms with Gasteiger partial charge >= 0.3 is 5.97 Å². The van der Waals surface area contributed by atoms with Gasteiger partial charge < -0.3 is 4.74 Å². The van der Waals surface area contributed by atoms with Gasteiger partial charge in [-0.2, -0.15) is 0 Å². The number of hydrogen-bond donors (Lipinski definition) is 0. The number of carbonyl (C=O) groups excluding carboxylic acids is 1. The quantitative estimate of drug-likeness (QED) is 0.487. The molecule has 1 aromatic heterocycles. The normalized spacial score (nSPS) is 11.3. The molecule has 0 N–H and O–H groups in total. The van der Waals surface area contributed by atoms with Crippen LogP contribution in [-0.2, 0) is 9.53 Å². The van der Waals surface area contributed by atoms with E-state index in [0.29, 0.717) is 16.7 Å². The average molecular weight is 306 g/mol. The van der Waals surface area contributed by atoms with Crippen LogP contribution in [0, 0.1) is 5.82 Å². The van der Waals surface area contributed by atoms with Gasteiger partial charge in [0.25, 0.3) is 0 Å². The molecule has 0 aliphatic rings. The molecular weight excluding hydrogens is 293 g/mol. The number of nitrogens with zero attached hydrogens (tertiary/aromatic N) is 1. The van der Waals surface area contributed by atoms with Crippen LogP contribution in [0.5, 0.6) is 0 Å². The van der Waals surface area contributed by atoms with E-state index in [9.17, 15) is 9.18 Å². The zero-order valence-electron chi connectivity index (χ0n) is 11.3. The maximum atomic E-state index is 13.0. The lowest BCUT2D eigenvalue weighted by Gasteiger charge is -2.08. The van der Waals surface area contributed by atoms with Crippen LogP contribution in [0.2, 0.25) is 5.15 Å². The number of hydrogen-bond acceptors (Lipinski definition) is 3. The highest BCUT2D eigenvalue weighted by molar-refractivity contribution is 6.32. The predicted octanol–water partition coefficient (Wildman–Crippen LogP) is 3.98. The molecule has 0 radical (unpaired) electrons. The molecule has 0 fully saturated rings. The van der Waals surface area contributed by atoms with E-state index < -0.39 is 5.97 Å². The van der Waals surface area contributed by atoms with Crippen LogP contribution in [0.4, 0.5) is 4.39 Å². The second kappa shape index (κ2) is 6.99. The van der Waals surface area contributed by atoms with Crippen molar-refractivity contribution in [3.63, 3.8) is 0 Å². The fraction of sp³-hybridized carbons (Fsp3) is 0.125. The molecule has 0 aliphatic heterocycles. The Morgan fingerprint density at radius 3 is 2.67 bits per heavy atom. The van der Waals surface area contributed by atoms with Crippen molar-refractivity contribution in [3.05, 3.63) is 64.7 Å². The number of aromatic nitrogens is 1. The third-order valence-corrected chi connectivity index (χ3v) is 3.05. The van der Waals surface area contributed by atoms with Gasteiger partial charge in [0.05, 0.1) is 12.2 Å². The smallest absolute Gasteiger partial charge is 0.338 e. The third kappa shape index (κ3) is 3.89. The summed E-state index contributed by atoms with van der Waals surface area (Å²) in [5.41, 5.74) is 1.44. The molecule has 21 heavy (non-hydrogen) atoms. The van der Waals surface area contributed by atoms with Gasteiger partial charge in [-0.3, -0.25) is 0 Å². The summed E-state index contributed by atoms with van der Waals surface area (Å²) in [7, 11) is 0. The van der Waals surface area contributed by atoms with Gasteiger partial charge in [0.2, 0.25) is 0 Å². The number of benzene rings is 1. The van der Waals surface area contributed by atoms with E-state index in [1.807, 2.05) is 0 Å². The molecule has 0 unspecified atom stereocenters. The number of pyridine rings is 1. The number of ether oxygens (including phenoxy) is 1. The lowest BCUT2D eigenvalue weighted by Crippen LogP contribution is -2.07. The predicted molar refractivity (Wildman–Crippen MR) is 80.2 cm³/mol. The molecule has 0 atom stereocenters. The summed E-state index contributed by atoms with van der Waals surface area (Å²) in [6.07, 6.45) is 3.14. The Morgan fingerprint density at radius 1 is 1.33 bits per heavy atom. The van der Waals surface area contributed by atoms with Crippen LogP contribution < -0.4 is 0 Å². The fourth-order valence-electron chi connectivity index (χ4n) is 1.76. The van der Waals surface area contributed by atoms with E-state index >= 15 is 0 Å². The summed E-state index contributed by atoms with van der Waals surface area (Å²) in [5.74, 6) is -0.870. The molecule has 5 heteroatoms. The van der Waals surface area contributed by atoms with Crippen molar-refractivity contribution in [2.45, 2.75) is 6.92 Å². The molecule has 0 saturated heterocycles. The molecule has 0 amide bonds. The van der Waals surface area contributed by atoms with Crippen molar-refractivity contribution in [2.75, 3.05) is 6.61 Å². The van der Waals surface area contributed by atoms with Crippen molar-refractivity contribution >= 4 is 29.2 Å². The van der Waals surface area contributed by atoms with E-state index in [2.05, 4.69) is 4.98 Å². The van der Waals surface area contributed by atoms with Crippen molar-refractivity contribution in [3.8, 4) is 0 Å². The van der Waals surface area contributed by atoms with Gasteiger partial charge in [-0.15, -0.1) is 0 Å². The van der Waals surface area contributed by atoms with Crippen LogP contribution in [0.3, 0.4) is 0 Å². The van der Waals surface area contributed by atoms with Crippen LogP contribution >= 0.6 is 11.6 Å². The summed E-state index contributed by atoms with van der Waals surface area (Å²) in [5, 5.41) is 0.279. The first-order valence-electron chi connectivity index (χ1n) is 6.37. The van der Waals surface area contributed by atoms with Crippen molar-refractivity contribution < 1.29 is 13.9 Å². The van der Waals surface area contributed by atoms with E-state index in [1.165, 1.54) is 24.3 Å². The first kappa shape index (κ1) is 15.2. The summed E-state index contributed by atoms with van der Waals surface area (Å²) in [4.78, 5) is 16.1. The number of rotatable bonds is 4. The number of halogens is 2. The highest BCUT2D eigenvalue weighted by atomic mass is 35.5. The largest absolute Gasteiger partial charge is 0.462 e. The van der Waals surface area contributed by atoms with E-state index in [-0.39, 0.29) is 17.6 Å². The summed E-state index contributed by atoms with van der Waals surface area (Å²) >= 11 is 5.99. The molecule has 0 saturated carbocycles. The van der Waals surface area contributed by atoms with Crippen molar-refractivity contribution in [1.29, 1.82) is 0 Å². The average Bonchev–Trinajstić information content (AvgIpc) is 2.48. The number of carbonyl (C=O) groups is 1. The lowest BCUT2D eigenvalue weighted by atomic mass is 10.0. The van der Waals surface area contributed by atoms with Crippen molar-refractivity contribution in [1.82, 2.24) is 4.98 Å². The topological polar surface area (TPSA) is 39.2 Å². The second-order valence-corrected chi connectivity index (χ2v) is 4.53. The first-order chi connectivity index (χ1) is 10.1. The highest BCUT2D eigenvalue weighted by Gasteiger charge is 2.14. The maximum Gasteiger partial charge on any atom is 0.338 e. The molecular formula is C16H13ClFNO2. The minimum atomic E-state index is -0.496. The van der Waals surface area contributed by atoms with Crippen LogP contribution in [-0.4, -0.2) is 17.6 Å². The zero-order valence-corrected chi connectivity index (χ0v) is 12.1. The summed E-state index contributed by atoms with van der Waals surface area (Å²) < 4.78 is 18.1. The van der Waals surface area contributed by atoms with Crippen LogP contribution in [0.1, 0.15) is 18.1 Å². The van der Waals surface area contributed by atoms with Gasteiger partial charge in [0.15, 0.2) is 0 Å².